The highest BCUT2D eigenvalue weighted by Crippen LogP contribution is 2.30. The summed E-state index contributed by atoms with van der Waals surface area (Å²) in [6.07, 6.45) is 4.44. The quantitative estimate of drug-likeness (QED) is 0.856. The van der Waals surface area contributed by atoms with Crippen LogP contribution in [0.4, 0.5) is 4.79 Å². The number of nitrogens with one attached hydrogen (secondary N) is 1. The lowest BCUT2D eigenvalue weighted by molar-refractivity contribution is 0.175. The minimum absolute atomic E-state index is 0.0142. The maximum absolute atomic E-state index is 12.9. The smallest absolute Gasteiger partial charge is 0.318 e. The zero-order chi connectivity index (χ0) is 18.4. The zero-order valence-corrected chi connectivity index (χ0v) is 15.7. The second kappa shape index (κ2) is 8.75. The van der Waals surface area contributed by atoms with Crippen molar-refractivity contribution in [1.29, 1.82) is 0 Å². The van der Waals surface area contributed by atoms with Crippen LogP contribution in [0.15, 0.2) is 48.5 Å². The molecule has 0 spiro atoms. The van der Waals surface area contributed by atoms with E-state index in [-0.39, 0.29) is 12.1 Å². The number of urea groups is 1. The molecule has 0 aliphatic carbocycles. The van der Waals surface area contributed by atoms with E-state index in [1.54, 1.807) is 7.11 Å². The van der Waals surface area contributed by atoms with Gasteiger partial charge in [-0.25, -0.2) is 4.79 Å². The number of aryl methyl sites for hydroxylation is 1. The average Bonchev–Trinajstić information content (AvgIpc) is 2.93. The number of likely N-dealkylation sites (tertiary alicyclic amines) is 1. The van der Waals surface area contributed by atoms with Crippen LogP contribution in [-0.2, 0) is 6.54 Å². The van der Waals surface area contributed by atoms with Gasteiger partial charge in [0.15, 0.2) is 0 Å². The van der Waals surface area contributed by atoms with Crippen LogP contribution < -0.4 is 10.1 Å². The van der Waals surface area contributed by atoms with E-state index in [0.29, 0.717) is 6.54 Å². The Morgan fingerprint density at radius 2 is 1.96 bits per heavy atom. The Labute approximate surface area is 156 Å². The zero-order valence-electron chi connectivity index (χ0n) is 15.7. The summed E-state index contributed by atoms with van der Waals surface area (Å²) in [6.45, 7) is 3.41. The number of methoxy groups -OCH3 is 1. The number of hydrogen-bond donors (Lipinski definition) is 1. The summed E-state index contributed by atoms with van der Waals surface area (Å²) < 4.78 is 5.26. The summed E-state index contributed by atoms with van der Waals surface area (Å²) in [4.78, 5) is 14.9. The number of rotatable bonds is 4. The molecule has 0 aromatic heterocycles. The summed E-state index contributed by atoms with van der Waals surface area (Å²) in [5, 5.41) is 3.09. The van der Waals surface area contributed by atoms with Crippen LogP contribution in [0.5, 0.6) is 5.75 Å². The van der Waals surface area contributed by atoms with Crippen LogP contribution in [0.2, 0.25) is 0 Å². The maximum atomic E-state index is 12.9. The van der Waals surface area contributed by atoms with E-state index >= 15 is 0 Å². The van der Waals surface area contributed by atoms with Gasteiger partial charge in [-0.3, -0.25) is 0 Å². The lowest BCUT2D eigenvalue weighted by Crippen LogP contribution is -2.41. The highest BCUT2D eigenvalue weighted by molar-refractivity contribution is 5.74. The molecule has 1 N–H and O–H groups in total. The van der Waals surface area contributed by atoms with Crippen molar-refractivity contribution in [2.75, 3.05) is 13.7 Å². The van der Waals surface area contributed by atoms with Crippen LogP contribution in [-0.4, -0.2) is 24.6 Å². The minimum Gasteiger partial charge on any atom is -0.497 e. The van der Waals surface area contributed by atoms with Gasteiger partial charge in [0, 0.05) is 13.1 Å². The van der Waals surface area contributed by atoms with E-state index in [1.807, 2.05) is 29.2 Å². The molecule has 1 unspecified atom stereocenters. The monoisotopic (exact) mass is 352 g/mol. The molecule has 1 fully saturated rings. The Hall–Kier alpha value is -2.49. The number of benzene rings is 2. The fraction of sp³-hybridized carbons (Fsp3) is 0.409. The van der Waals surface area contributed by atoms with Crippen molar-refractivity contribution in [2.45, 2.75) is 45.2 Å². The highest BCUT2D eigenvalue weighted by Gasteiger charge is 2.26. The standard InChI is InChI=1S/C22H28N2O2/c1-17-10-12-19(13-11-17)21-9-4-3-5-14-24(21)22(25)23-16-18-7-6-8-20(15-18)26-2/h6-8,10-13,15,21H,3-5,9,14,16H2,1-2H3,(H,23,25). The predicted octanol–water partition coefficient (Wildman–Crippen LogP) is 4.83. The van der Waals surface area contributed by atoms with E-state index in [2.05, 4.69) is 36.5 Å². The van der Waals surface area contributed by atoms with Crippen molar-refractivity contribution in [3.63, 3.8) is 0 Å². The number of amides is 2. The van der Waals surface area contributed by atoms with Crippen LogP contribution in [0, 0.1) is 6.92 Å². The van der Waals surface area contributed by atoms with Crippen molar-refractivity contribution < 1.29 is 9.53 Å². The SMILES string of the molecule is COc1cccc(CNC(=O)N2CCCCCC2c2ccc(C)cc2)c1. The van der Waals surface area contributed by atoms with Gasteiger partial charge < -0.3 is 15.0 Å². The maximum Gasteiger partial charge on any atom is 0.318 e. The van der Waals surface area contributed by atoms with E-state index in [1.165, 1.54) is 17.5 Å². The van der Waals surface area contributed by atoms with Crippen LogP contribution >= 0.6 is 0 Å². The Morgan fingerprint density at radius 3 is 2.73 bits per heavy atom. The number of carbonyl (C=O) groups excluding carboxylic acids is 1. The van der Waals surface area contributed by atoms with Gasteiger partial charge in [0.2, 0.25) is 0 Å². The topological polar surface area (TPSA) is 41.6 Å². The van der Waals surface area contributed by atoms with E-state index in [9.17, 15) is 4.79 Å². The molecule has 2 aromatic rings. The molecule has 1 aliphatic heterocycles. The number of carbonyl (C=O) groups is 1. The van der Waals surface area contributed by atoms with Gasteiger partial charge in [-0.05, 0) is 43.0 Å². The third-order valence-corrected chi connectivity index (χ3v) is 5.05. The van der Waals surface area contributed by atoms with E-state index in [0.717, 1.165) is 37.1 Å². The van der Waals surface area contributed by atoms with Crippen LogP contribution in [0.25, 0.3) is 0 Å². The van der Waals surface area contributed by atoms with Crippen LogP contribution in [0.3, 0.4) is 0 Å². The van der Waals surface area contributed by atoms with Crippen molar-refractivity contribution in [3.8, 4) is 5.75 Å². The molecule has 26 heavy (non-hydrogen) atoms. The first-order chi connectivity index (χ1) is 12.7. The van der Waals surface area contributed by atoms with Crippen molar-refractivity contribution in [2.24, 2.45) is 0 Å². The summed E-state index contributed by atoms with van der Waals surface area (Å²) >= 11 is 0. The molecule has 3 rings (SSSR count). The Kier molecular flexibility index (Phi) is 6.16. The van der Waals surface area contributed by atoms with Crippen molar-refractivity contribution >= 4 is 6.03 Å². The second-order valence-electron chi connectivity index (χ2n) is 6.98. The Morgan fingerprint density at radius 1 is 1.15 bits per heavy atom. The molecular formula is C22H28N2O2. The Bertz CT molecular complexity index is 727. The van der Waals surface area contributed by atoms with Gasteiger partial charge in [0.1, 0.15) is 5.75 Å². The molecule has 2 amide bonds. The van der Waals surface area contributed by atoms with Gasteiger partial charge in [0.05, 0.1) is 13.2 Å². The summed E-state index contributed by atoms with van der Waals surface area (Å²) in [5.74, 6) is 0.809. The molecule has 0 saturated carbocycles. The highest BCUT2D eigenvalue weighted by atomic mass is 16.5. The number of hydrogen-bond acceptors (Lipinski definition) is 2. The summed E-state index contributed by atoms with van der Waals surface area (Å²) in [5.41, 5.74) is 3.52. The summed E-state index contributed by atoms with van der Waals surface area (Å²) in [7, 11) is 1.65. The second-order valence-corrected chi connectivity index (χ2v) is 6.98. The molecule has 2 aromatic carbocycles. The minimum atomic E-state index is 0.0142. The van der Waals surface area contributed by atoms with Gasteiger partial charge in [-0.2, -0.15) is 0 Å². The first-order valence-electron chi connectivity index (χ1n) is 9.41. The fourth-order valence-electron chi connectivity index (χ4n) is 3.55. The molecule has 138 valence electrons. The van der Waals surface area contributed by atoms with Crippen LogP contribution in [0.1, 0.15) is 48.4 Å². The molecular weight excluding hydrogens is 324 g/mol. The molecule has 0 radical (unpaired) electrons. The third kappa shape index (κ3) is 4.57. The van der Waals surface area contributed by atoms with Crippen molar-refractivity contribution in [3.05, 3.63) is 65.2 Å². The molecule has 1 aliphatic rings. The molecule has 4 heteroatoms. The molecule has 4 nitrogen and oxygen atoms in total. The summed E-state index contributed by atoms with van der Waals surface area (Å²) in [6, 6.07) is 16.6. The molecule has 0 bridgehead atoms. The van der Waals surface area contributed by atoms with Gasteiger partial charge >= 0.3 is 6.03 Å². The first-order valence-corrected chi connectivity index (χ1v) is 9.41. The van der Waals surface area contributed by atoms with E-state index in [4.69, 9.17) is 4.74 Å². The van der Waals surface area contributed by atoms with Gasteiger partial charge in [-0.1, -0.05) is 54.8 Å². The first kappa shape index (κ1) is 18.3. The molecule has 1 atom stereocenters. The lowest BCUT2D eigenvalue weighted by atomic mass is 10.00. The van der Waals surface area contributed by atoms with Gasteiger partial charge in [-0.15, -0.1) is 0 Å². The number of ether oxygens (including phenoxy) is 1. The fourth-order valence-corrected chi connectivity index (χ4v) is 3.55. The van der Waals surface area contributed by atoms with Gasteiger partial charge in [0.25, 0.3) is 0 Å². The molecule has 1 saturated heterocycles. The lowest BCUT2D eigenvalue weighted by Gasteiger charge is -2.30. The number of nitrogens with zero attached hydrogens (tertiary/aromatic N) is 1. The molecule has 1 heterocycles. The average molecular weight is 352 g/mol. The Balaban J connectivity index is 1.70. The van der Waals surface area contributed by atoms with Crippen molar-refractivity contribution in [1.82, 2.24) is 10.2 Å². The van der Waals surface area contributed by atoms with E-state index < -0.39 is 0 Å². The predicted molar refractivity (Wildman–Crippen MR) is 104 cm³/mol. The normalized spacial score (nSPS) is 17.5. The third-order valence-electron chi connectivity index (χ3n) is 5.05. The largest absolute Gasteiger partial charge is 0.497 e.